The van der Waals surface area contributed by atoms with E-state index in [9.17, 15) is 4.79 Å². The molecule has 2 nitrogen and oxygen atoms in total. The molecule has 110 valence electrons. The van der Waals surface area contributed by atoms with Crippen molar-refractivity contribution >= 4 is 20.2 Å². The largest absolute Gasteiger partial charge is 0.407 e. The molecule has 0 bridgehead atoms. The van der Waals surface area contributed by atoms with Crippen LogP contribution in [0.5, 0.6) is 0 Å². The number of rotatable bonds is 5. The number of benzene rings is 1. The zero-order valence-electron chi connectivity index (χ0n) is 13.4. The Labute approximate surface area is 124 Å². The minimum atomic E-state index is -1.89. The van der Waals surface area contributed by atoms with Crippen LogP contribution in [0.3, 0.4) is 0 Å². The molecule has 0 unspecified atom stereocenters. The summed E-state index contributed by atoms with van der Waals surface area (Å²) >= 11 is 0. The minimum Gasteiger partial charge on any atom is -0.407 e. The van der Waals surface area contributed by atoms with Gasteiger partial charge in [0.1, 0.15) is 6.10 Å². The Bertz CT molecular complexity index is 470. The third kappa shape index (κ3) is 4.73. The van der Waals surface area contributed by atoms with Crippen LogP contribution in [0.2, 0.25) is 18.1 Å². The molecular formula is C17H26O2Si. The standard InChI is InChI=1S/C17H26O2Si/c1-14(19-20(5,6)17(2,3)4)16(18)13-12-15-10-8-7-9-11-15/h7-14H,1-6H3/t14-/m0/s1. The van der Waals surface area contributed by atoms with Crippen LogP contribution in [-0.2, 0) is 9.22 Å². The average molecular weight is 290 g/mol. The van der Waals surface area contributed by atoms with Crippen LogP contribution in [-0.4, -0.2) is 20.2 Å². The maximum atomic E-state index is 12.1. The third-order valence-electron chi connectivity index (χ3n) is 3.92. The van der Waals surface area contributed by atoms with E-state index in [1.54, 1.807) is 6.08 Å². The van der Waals surface area contributed by atoms with Crippen molar-refractivity contribution in [2.75, 3.05) is 0 Å². The fraction of sp³-hybridized carbons (Fsp3) is 0.471. The molecular weight excluding hydrogens is 264 g/mol. The van der Waals surface area contributed by atoms with Crippen molar-refractivity contribution in [2.24, 2.45) is 0 Å². The third-order valence-corrected chi connectivity index (χ3v) is 8.47. The molecule has 0 amide bonds. The second kappa shape index (κ2) is 6.51. The van der Waals surface area contributed by atoms with Crippen LogP contribution in [0.1, 0.15) is 33.3 Å². The summed E-state index contributed by atoms with van der Waals surface area (Å²) in [5.41, 5.74) is 1.03. The lowest BCUT2D eigenvalue weighted by Gasteiger charge is -2.37. The highest BCUT2D eigenvalue weighted by atomic mass is 28.4. The van der Waals surface area contributed by atoms with E-state index in [1.807, 2.05) is 43.3 Å². The summed E-state index contributed by atoms with van der Waals surface area (Å²) in [4.78, 5) is 12.1. The lowest BCUT2D eigenvalue weighted by atomic mass is 10.1. The van der Waals surface area contributed by atoms with Crippen molar-refractivity contribution in [2.45, 2.75) is 51.9 Å². The van der Waals surface area contributed by atoms with Crippen molar-refractivity contribution in [3.63, 3.8) is 0 Å². The van der Waals surface area contributed by atoms with Gasteiger partial charge in [-0.25, -0.2) is 0 Å². The summed E-state index contributed by atoms with van der Waals surface area (Å²) in [5, 5.41) is 0.116. The van der Waals surface area contributed by atoms with Gasteiger partial charge in [-0.1, -0.05) is 57.2 Å². The van der Waals surface area contributed by atoms with Crippen LogP contribution in [0, 0.1) is 0 Å². The Balaban J connectivity index is 2.67. The average Bonchev–Trinajstić information content (AvgIpc) is 2.35. The molecule has 0 aliphatic carbocycles. The monoisotopic (exact) mass is 290 g/mol. The van der Waals surface area contributed by atoms with Gasteiger partial charge < -0.3 is 4.43 Å². The zero-order valence-corrected chi connectivity index (χ0v) is 14.4. The van der Waals surface area contributed by atoms with Gasteiger partial charge in [-0.05, 0) is 36.7 Å². The van der Waals surface area contributed by atoms with E-state index in [0.29, 0.717) is 0 Å². The quantitative estimate of drug-likeness (QED) is 0.581. The molecule has 3 heteroatoms. The topological polar surface area (TPSA) is 26.3 Å². The number of carbonyl (C=O) groups excluding carboxylic acids is 1. The van der Waals surface area contributed by atoms with E-state index in [1.165, 1.54) is 0 Å². The second-order valence-corrected chi connectivity index (χ2v) is 11.4. The zero-order chi connectivity index (χ0) is 15.4. The molecule has 0 spiro atoms. The number of carbonyl (C=O) groups is 1. The molecule has 0 saturated heterocycles. The van der Waals surface area contributed by atoms with Gasteiger partial charge >= 0.3 is 0 Å². The van der Waals surface area contributed by atoms with E-state index in [0.717, 1.165) is 5.56 Å². The predicted molar refractivity (Wildman–Crippen MR) is 88.2 cm³/mol. The summed E-state index contributed by atoms with van der Waals surface area (Å²) in [6, 6.07) is 9.83. The molecule has 0 N–H and O–H groups in total. The molecule has 0 saturated carbocycles. The van der Waals surface area contributed by atoms with Crippen molar-refractivity contribution in [3.8, 4) is 0 Å². The van der Waals surface area contributed by atoms with Gasteiger partial charge in [0.05, 0.1) is 0 Å². The van der Waals surface area contributed by atoms with E-state index in [2.05, 4.69) is 33.9 Å². The molecule has 1 atom stereocenters. The summed E-state index contributed by atoms with van der Waals surface area (Å²) in [6.45, 7) is 12.7. The Kier molecular flexibility index (Phi) is 5.48. The Hall–Kier alpha value is -1.19. The van der Waals surface area contributed by atoms with Gasteiger partial charge in [-0.3, -0.25) is 4.79 Å². The van der Waals surface area contributed by atoms with E-state index in [-0.39, 0.29) is 16.9 Å². The van der Waals surface area contributed by atoms with Gasteiger partial charge in [0.15, 0.2) is 14.1 Å². The molecule has 0 radical (unpaired) electrons. The second-order valence-electron chi connectivity index (χ2n) is 6.67. The maximum absolute atomic E-state index is 12.1. The van der Waals surface area contributed by atoms with Gasteiger partial charge in [-0.15, -0.1) is 0 Å². The molecule has 0 fully saturated rings. The predicted octanol–water partition coefficient (Wildman–Crippen LogP) is 4.68. The summed E-state index contributed by atoms with van der Waals surface area (Å²) in [6.07, 6.45) is 3.08. The van der Waals surface area contributed by atoms with Crippen LogP contribution in [0.15, 0.2) is 36.4 Å². The molecule has 0 aliphatic heterocycles. The molecule has 1 aromatic carbocycles. The van der Waals surface area contributed by atoms with Gasteiger partial charge in [-0.2, -0.15) is 0 Å². The van der Waals surface area contributed by atoms with Crippen molar-refractivity contribution in [1.82, 2.24) is 0 Å². The lowest BCUT2D eigenvalue weighted by Crippen LogP contribution is -2.44. The maximum Gasteiger partial charge on any atom is 0.193 e. The Morgan fingerprint density at radius 3 is 2.25 bits per heavy atom. The van der Waals surface area contributed by atoms with Crippen molar-refractivity contribution < 1.29 is 9.22 Å². The first-order valence-corrected chi connectivity index (χ1v) is 9.99. The minimum absolute atomic E-state index is 0.0266. The SMILES string of the molecule is C[C@H](O[Si](C)(C)C(C)(C)C)C(=O)C=Cc1ccccc1. The van der Waals surface area contributed by atoms with E-state index in [4.69, 9.17) is 4.43 Å². The fourth-order valence-electron chi connectivity index (χ4n) is 1.55. The summed E-state index contributed by atoms with van der Waals surface area (Å²) in [5.74, 6) is 0.0266. The smallest absolute Gasteiger partial charge is 0.193 e. The Morgan fingerprint density at radius 2 is 1.75 bits per heavy atom. The molecule has 20 heavy (non-hydrogen) atoms. The summed E-state index contributed by atoms with van der Waals surface area (Å²) < 4.78 is 6.09. The van der Waals surface area contributed by atoms with Crippen molar-refractivity contribution in [1.29, 1.82) is 0 Å². The normalized spacial score (nSPS) is 14.5. The number of hydrogen-bond acceptors (Lipinski definition) is 2. The van der Waals surface area contributed by atoms with E-state index >= 15 is 0 Å². The van der Waals surface area contributed by atoms with Gasteiger partial charge in [0.2, 0.25) is 0 Å². The first-order valence-electron chi connectivity index (χ1n) is 7.08. The highest BCUT2D eigenvalue weighted by molar-refractivity contribution is 6.74. The van der Waals surface area contributed by atoms with E-state index < -0.39 is 8.32 Å². The molecule has 1 rings (SSSR count). The van der Waals surface area contributed by atoms with Gasteiger partial charge in [0, 0.05) is 0 Å². The Morgan fingerprint density at radius 1 is 1.20 bits per heavy atom. The number of hydrogen-bond donors (Lipinski definition) is 0. The molecule has 0 aromatic heterocycles. The molecule has 0 aliphatic rings. The van der Waals surface area contributed by atoms with Crippen LogP contribution in [0.4, 0.5) is 0 Å². The van der Waals surface area contributed by atoms with Crippen LogP contribution in [0.25, 0.3) is 6.08 Å². The first kappa shape index (κ1) is 16.9. The number of ketones is 1. The van der Waals surface area contributed by atoms with Crippen LogP contribution >= 0.6 is 0 Å². The molecule has 1 aromatic rings. The molecule has 0 heterocycles. The van der Waals surface area contributed by atoms with Crippen molar-refractivity contribution in [3.05, 3.63) is 42.0 Å². The van der Waals surface area contributed by atoms with Gasteiger partial charge in [0.25, 0.3) is 0 Å². The summed E-state index contributed by atoms with van der Waals surface area (Å²) in [7, 11) is -1.89. The fourth-order valence-corrected chi connectivity index (χ4v) is 2.91. The highest BCUT2D eigenvalue weighted by Crippen LogP contribution is 2.37. The lowest BCUT2D eigenvalue weighted by molar-refractivity contribution is -0.120. The first-order chi connectivity index (χ1) is 9.13. The van der Waals surface area contributed by atoms with Crippen LogP contribution < -0.4 is 0 Å². The highest BCUT2D eigenvalue weighted by Gasteiger charge is 2.39.